The first kappa shape index (κ1) is 37.0. The first-order valence-electron chi connectivity index (χ1n) is 16.1. The summed E-state index contributed by atoms with van der Waals surface area (Å²) in [5.74, 6) is -3.67. The number of rotatable bonds is 14. The topological polar surface area (TPSA) is 135 Å². The fraction of sp³-hybridized carbons (Fsp3) is 0.611. The van der Waals surface area contributed by atoms with Crippen molar-refractivity contribution >= 4 is 23.9 Å². The molecule has 254 valence electrons. The number of hydrogen-bond acceptors (Lipinski definition) is 10. The van der Waals surface area contributed by atoms with E-state index in [-0.39, 0.29) is 12.0 Å². The van der Waals surface area contributed by atoms with Crippen molar-refractivity contribution in [3.8, 4) is 0 Å². The van der Waals surface area contributed by atoms with Gasteiger partial charge in [-0.2, -0.15) is 0 Å². The number of carbonyl (C=O) groups excluding carboxylic acids is 4. The first-order chi connectivity index (χ1) is 21.7. The Kier molecular flexibility index (Phi) is 12.7. The van der Waals surface area contributed by atoms with E-state index < -0.39 is 77.4 Å². The van der Waals surface area contributed by atoms with Gasteiger partial charge in [0.05, 0.1) is 6.10 Å². The molecule has 0 amide bonds. The summed E-state index contributed by atoms with van der Waals surface area (Å²) in [6.07, 6.45) is 9.25. The van der Waals surface area contributed by atoms with E-state index in [0.29, 0.717) is 12.8 Å². The van der Waals surface area contributed by atoms with Gasteiger partial charge in [0.25, 0.3) is 0 Å². The highest BCUT2D eigenvalue weighted by Crippen LogP contribution is 2.68. The van der Waals surface area contributed by atoms with Crippen molar-refractivity contribution in [2.75, 3.05) is 0 Å². The summed E-state index contributed by atoms with van der Waals surface area (Å²) < 4.78 is 29.7. The van der Waals surface area contributed by atoms with Crippen molar-refractivity contribution in [2.45, 2.75) is 117 Å². The predicted molar refractivity (Wildman–Crippen MR) is 171 cm³/mol. The van der Waals surface area contributed by atoms with Crippen LogP contribution in [0.1, 0.15) is 86.5 Å². The van der Waals surface area contributed by atoms with Gasteiger partial charge in [-0.05, 0) is 49.5 Å². The molecular weight excluding hydrogens is 592 g/mol. The van der Waals surface area contributed by atoms with Crippen molar-refractivity contribution in [2.24, 2.45) is 22.7 Å². The van der Waals surface area contributed by atoms with Crippen LogP contribution >= 0.6 is 0 Å². The van der Waals surface area contributed by atoms with Crippen molar-refractivity contribution in [3.63, 3.8) is 0 Å². The monoisotopic (exact) mass is 642 g/mol. The van der Waals surface area contributed by atoms with Crippen molar-refractivity contribution < 1.29 is 48.0 Å². The molecular formula is C36H50O10. The summed E-state index contributed by atoms with van der Waals surface area (Å²) in [7, 11) is 0. The van der Waals surface area contributed by atoms with Gasteiger partial charge in [0.15, 0.2) is 6.10 Å². The molecule has 46 heavy (non-hydrogen) atoms. The van der Waals surface area contributed by atoms with Gasteiger partial charge in [0.1, 0.15) is 11.5 Å². The molecule has 2 aliphatic carbocycles. The molecule has 1 saturated heterocycles. The Morgan fingerprint density at radius 2 is 1.72 bits per heavy atom. The van der Waals surface area contributed by atoms with Gasteiger partial charge in [-0.15, -0.1) is 0 Å². The third kappa shape index (κ3) is 7.89. The molecule has 0 bridgehead atoms. The fourth-order valence-electron chi connectivity index (χ4n) is 7.43. The second-order valence-electron chi connectivity index (χ2n) is 12.8. The maximum Gasteiger partial charge on any atom is 0.331 e. The minimum absolute atomic E-state index is 0.181. The summed E-state index contributed by atoms with van der Waals surface area (Å²) in [6, 6.07) is 0. The Hall–Kier alpha value is -3.50. The number of aliphatic hydroxyl groups is 1. The van der Waals surface area contributed by atoms with Crippen LogP contribution in [0.25, 0.3) is 0 Å². The third-order valence-corrected chi connectivity index (χ3v) is 9.73. The molecule has 1 aliphatic heterocycles. The van der Waals surface area contributed by atoms with E-state index in [2.05, 4.69) is 20.1 Å². The van der Waals surface area contributed by atoms with E-state index in [1.807, 2.05) is 19.9 Å². The van der Waals surface area contributed by atoms with Crippen LogP contribution in [0.2, 0.25) is 0 Å². The molecule has 9 atom stereocenters. The van der Waals surface area contributed by atoms with Gasteiger partial charge in [0, 0.05) is 38.3 Å². The van der Waals surface area contributed by atoms with Crippen LogP contribution in [0.3, 0.4) is 0 Å². The van der Waals surface area contributed by atoms with Gasteiger partial charge in [-0.3, -0.25) is 19.1 Å². The summed E-state index contributed by atoms with van der Waals surface area (Å²) in [5, 5.41) is 11.2. The molecule has 1 saturated carbocycles. The lowest BCUT2D eigenvalue weighted by atomic mass is 9.44. The van der Waals surface area contributed by atoms with Crippen LogP contribution in [0.5, 0.6) is 0 Å². The Labute approximate surface area is 272 Å². The third-order valence-electron chi connectivity index (χ3n) is 9.73. The number of esters is 4. The van der Waals surface area contributed by atoms with Crippen molar-refractivity contribution in [1.82, 2.24) is 0 Å². The van der Waals surface area contributed by atoms with E-state index in [1.165, 1.54) is 32.9 Å². The molecule has 0 unspecified atom stereocenters. The van der Waals surface area contributed by atoms with Crippen LogP contribution in [-0.2, 0) is 42.9 Å². The van der Waals surface area contributed by atoms with Gasteiger partial charge >= 0.3 is 23.9 Å². The second kappa shape index (κ2) is 15.9. The zero-order valence-electron chi connectivity index (χ0n) is 28.0. The van der Waals surface area contributed by atoms with E-state index in [0.717, 1.165) is 31.3 Å². The van der Waals surface area contributed by atoms with E-state index in [4.69, 9.17) is 23.7 Å². The number of unbranched alkanes of at least 4 members (excludes halogenated alkanes) is 3. The molecule has 10 heteroatoms. The summed E-state index contributed by atoms with van der Waals surface area (Å²) in [4.78, 5) is 50.9. The minimum Gasteiger partial charge on any atom is -0.457 e. The van der Waals surface area contributed by atoms with Crippen LogP contribution in [0.4, 0.5) is 0 Å². The highest BCUT2D eigenvalue weighted by Gasteiger charge is 2.75. The van der Waals surface area contributed by atoms with E-state index in [1.54, 1.807) is 18.2 Å². The Bertz CT molecular complexity index is 1260. The minimum atomic E-state index is -1.48. The molecule has 3 aliphatic rings. The van der Waals surface area contributed by atoms with Gasteiger partial charge in [-0.25, -0.2) is 4.79 Å². The molecule has 1 N–H and O–H groups in total. The van der Waals surface area contributed by atoms with Gasteiger partial charge in [0.2, 0.25) is 12.6 Å². The van der Waals surface area contributed by atoms with Crippen molar-refractivity contribution in [1.29, 1.82) is 0 Å². The number of allylic oxidation sites excluding steroid dienone is 5. The standard InChI is InChI=1S/C36H50O10/c1-9-11-12-13-14-15-16-17-30(41)45-31-23(4)35(8,19-18-22(3)10-2)29-21-27(40)20-28-33(43-25(6)38)46-34(44-26(7)39)36(28,29)32(31)42-24(5)37/h10,14-17,20,23,27,29,31-34,40H,2-3,9,11-13,18-19,21H2,1,4-8H3/b15-14+,17-16-/t23-,27+,29+,31-,32+,33+,34+,35-,36-/m1/s1. The molecule has 0 aromatic rings. The molecule has 0 aromatic heterocycles. The fourth-order valence-corrected chi connectivity index (χ4v) is 7.43. The molecule has 1 spiro atoms. The Morgan fingerprint density at radius 1 is 1.04 bits per heavy atom. The molecule has 0 radical (unpaired) electrons. The summed E-state index contributed by atoms with van der Waals surface area (Å²) in [5.41, 5.74) is -1.15. The SMILES string of the molecule is C=CC(=C)CC[C@]1(C)[C@H](C)[C@@H](OC(=O)/C=C\C=C\CCCCC)[C@H](OC(C)=O)[C@@]23C(=C[C@H](O)C[C@@H]12)[C@@H](OC(C)=O)O[C@@H]3OC(C)=O. The summed E-state index contributed by atoms with van der Waals surface area (Å²) >= 11 is 0. The zero-order valence-corrected chi connectivity index (χ0v) is 28.0. The zero-order chi connectivity index (χ0) is 34.2. The van der Waals surface area contributed by atoms with Crippen LogP contribution in [-0.4, -0.2) is 59.9 Å². The van der Waals surface area contributed by atoms with Crippen molar-refractivity contribution in [3.05, 3.63) is 60.8 Å². The molecule has 2 fully saturated rings. The Balaban J connectivity index is 2.21. The largest absolute Gasteiger partial charge is 0.457 e. The summed E-state index contributed by atoms with van der Waals surface area (Å²) in [6.45, 7) is 17.6. The Morgan fingerprint density at radius 3 is 2.33 bits per heavy atom. The average molecular weight is 643 g/mol. The van der Waals surface area contributed by atoms with E-state index in [9.17, 15) is 24.3 Å². The number of carbonyl (C=O) groups is 4. The second-order valence-corrected chi connectivity index (χ2v) is 12.8. The molecule has 0 aromatic carbocycles. The van der Waals surface area contributed by atoms with Crippen LogP contribution < -0.4 is 0 Å². The van der Waals surface area contributed by atoms with Gasteiger partial charge < -0.3 is 24.1 Å². The van der Waals surface area contributed by atoms with Crippen LogP contribution in [0.15, 0.2) is 60.8 Å². The lowest BCUT2D eigenvalue weighted by molar-refractivity contribution is -0.279. The number of hydrogen-bond donors (Lipinski definition) is 1. The lowest BCUT2D eigenvalue weighted by Gasteiger charge is -2.62. The lowest BCUT2D eigenvalue weighted by Crippen LogP contribution is -2.69. The number of aliphatic hydroxyl groups excluding tert-OH is 1. The highest BCUT2D eigenvalue weighted by atomic mass is 16.8. The quantitative estimate of drug-likeness (QED) is 0.0618. The highest BCUT2D eigenvalue weighted by molar-refractivity contribution is 5.82. The molecule has 3 rings (SSSR count). The maximum atomic E-state index is 13.4. The van der Waals surface area contributed by atoms with E-state index >= 15 is 0 Å². The number of ether oxygens (including phenoxy) is 5. The van der Waals surface area contributed by atoms with Gasteiger partial charge in [-0.1, -0.05) is 76.6 Å². The average Bonchev–Trinajstić information content (AvgIpc) is 3.26. The molecule has 1 heterocycles. The predicted octanol–water partition coefficient (Wildman–Crippen LogP) is 5.80. The smallest absolute Gasteiger partial charge is 0.331 e. The normalized spacial score (nSPS) is 33.5. The molecule has 10 nitrogen and oxygen atoms in total. The first-order valence-corrected chi connectivity index (χ1v) is 16.1. The van der Waals surface area contributed by atoms with Crippen LogP contribution in [0, 0.1) is 22.7 Å². The maximum absolute atomic E-state index is 13.4.